The summed E-state index contributed by atoms with van der Waals surface area (Å²) in [5.74, 6) is 0. The molecule has 0 aliphatic heterocycles. The second-order valence-corrected chi connectivity index (χ2v) is 12.0. The van der Waals surface area contributed by atoms with Gasteiger partial charge in [0.1, 0.15) is 0 Å². The molecule has 0 heterocycles. The van der Waals surface area contributed by atoms with Gasteiger partial charge in [0.25, 0.3) is 0 Å². The molecule has 0 aromatic heterocycles. The first-order chi connectivity index (χ1) is 20.7. The molecule has 1 N–H and O–H groups in total. The van der Waals surface area contributed by atoms with Gasteiger partial charge < -0.3 is 5.32 Å². The second-order valence-electron chi connectivity index (χ2n) is 12.0. The standard InChI is InChI=1S/C38H33N.2C2H6/c1-7-11-25(8-2)39-26-16-17-28-31-21-36-32(22-35(31)38(5,6)34(28)19-26)30-20-29-24(18-33(30)37(36,3)4)15-14-23-12-9-10-13-27(23)29;2*1-2/h7-22,39H,1-2H2,3-6H3;2*1-2H3/b25-11+;;. The first kappa shape index (κ1) is 30.1. The van der Waals surface area contributed by atoms with Crippen LogP contribution in [0.5, 0.6) is 0 Å². The van der Waals surface area contributed by atoms with Crippen molar-refractivity contribution in [1.82, 2.24) is 0 Å². The van der Waals surface area contributed by atoms with Crippen LogP contribution in [-0.4, -0.2) is 0 Å². The first-order valence-electron chi connectivity index (χ1n) is 15.8. The Bertz CT molecular complexity index is 1910. The van der Waals surface area contributed by atoms with Crippen molar-refractivity contribution in [2.24, 2.45) is 0 Å². The summed E-state index contributed by atoms with van der Waals surface area (Å²) in [7, 11) is 0. The van der Waals surface area contributed by atoms with Crippen LogP contribution in [0.3, 0.4) is 0 Å². The second kappa shape index (κ2) is 11.4. The van der Waals surface area contributed by atoms with E-state index in [2.05, 4.69) is 125 Å². The van der Waals surface area contributed by atoms with Crippen molar-refractivity contribution in [3.8, 4) is 22.3 Å². The van der Waals surface area contributed by atoms with Gasteiger partial charge in [-0.25, -0.2) is 0 Å². The van der Waals surface area contributed by atoms with Crippen molar-refractivity contribution in [2.45, 2.75) is 66.2 Å². The minimum atomic E-state index is -0.107. The highest BCUT2D eigenvalue weighted by molar-refractivity contribution is 6.10. The van der Waals surface area contributed by atoms with E-state index in [0.29, 0.717) is 0 Å². The summed E-state index contributed by atoms with van der Waals surface area (Å²) < 4.78 is 0. The first-order valence-corrected chi connectivity index (χ1v) is 15.8. The maximum Gasteiger partial charge on any atom is 0.0387 e. The van der Waals surface area contributed by atoms with E-state index in [1.54, 1.807) is 6.08 Å². The molecule has 2 aliphatic rings. The predicted molar refractivity (Wildman–Crippen MR) is 191 cm³/mol. The van der Waals surface area contributed by atoms with Gasteiger partial charge in [-0.3, -0.25) is 0 Å². The van der Waals surface area contributed by atoms with Crippen molar-refractivity contribution in [3.63, 3.8) is 0 Å². The maximum absolute atomic E-state index is 3.93. The lowest BCUT2D eigenvalue weighted by Crippen LogP contribution is -2.17. The molecule has 1 nitrogen and oxygen atoms in total. The van der Waals surface area contributed by atoms with Crippen LogP contribution in [0.2, 0.25) is 0 Å². The van der Waals surface area contributed by atoms with Gasteiger partial charge in [0, 0.05) is 22.2 Å². The van der Waals surface area contributed by atoms with Crippen molar-refractivity contribution < 1.29 is 0 Å². The van der Waals surface area contributed by atoms with Gasteiger partial charge in [0.05, 0.1) is 0 Å². The average Bonchev–Trinajstić information content (AvgIpc) is 3.39. The van der Waals surface area contributed by atoms with E-state index in [0.717, 1.165) is 11.4 Å². The number of rotatable bonds is 4. The lowest BCUT2D eigenvalue weighted by Gasteiger charge is -2.24. The SMILES string of the molecule is C=C/C=C(\C=C)Nc1ccc2c(c1)C(C)(C)c1cc3c(cc1-2)C(C)(C)c1cc2ccc4ccccc4c2cc1-3.CC.CC. The highest BCUT2D eigenvalue weighted by Crippen LogP contribution is 2.57. The molecule has 1 heteroatoms. The minimum absolute atomic E-state index is 0.0672. The zero-order valence-electron chi connectivity index (χ0n) is 27.2. The summed E-state index contributed by atoms with van der Waals surface area (Å²) >= 11 is 0. The van der Waals surface area contributed by atoms with Gasteiger partial charge in [-0.05, 0) is 115 Å². The lowest BCUT2D eigenvalue weighted by molar-refractivity contribution is 0.652. The smallest absolute Gasteiger partial charge is 0.0387 e. The molecule has 0 spiro atoms. The van der Waals surface area contributed by atoms with Gasteiger partial charge in [0.2, 0.25) is 0 Å². The molecule has 2 aliphatic carbocycles. The van der Waals surface area contributed by atoms with Gasteiger partial charge in [-0.2, -0.15) is 0 Å². The fourth-order valence-corrected chi connectivity index (χ4v) is 6.99. The number of hydrogen-bond donors (Lipinski definition) is 1. The maximum atomic E-state index is 3.93. The van der Waals surface area contributed by atoms with Crippen LogP contribution in [0.15, 0.2) is 116 Å². The van der Waals surface area contributed by atoms with Gasteiger partial charge >= 0.3 is 0 Å². The highest BCUT2D eigenvalue weighted by atomic mass is 14.9. The molecule has 7 rings (SSSR count). The Morgan fingerprint density at radius 2 is 1.14 bits per heavy atom. The van der Waals surface area contributed by atoms with Crippen LogP contribution in [0, 0.1) is 0 Å². The van der Waals surface area contributed by atoms with E-state index in [1.807, 2.05) is 39.8 Å². The topological polar surface area (TPSA) is 12.0 Å². The number of allylic oxidation sites excluding steroid dienone is 3. The molecule has 0 amide bonds. The third-order valence-electron chi connectivity index (χ3n) is 9.14. The molecule has 0 saturated carbocycles. The number of anilines is 1. The molecular weight excluding hydrogens is 518 g/mol. The minimum Gasteiger partial charge on any atom is -0.356 e. The summed E-state index contributed by atoms with van der Waals surface area (Å²) in [5.41, 5.74) is 12.9. The summed E-state index contributed by atoms with van der Waals surface area (Å²) in [5, 5.41) is 8.76. The molecule has 0 atom stereocenters. The number of hydrogen-bond acceptors (Lipinski definition) is 1. The fourth-order valence-electron chi connectivity index (χ4n) is 6.99. The van der Waals surface area contributed by atoms with Crippen LogP contribution in [0.25, 0.3) is 43.8 Å². The molecule has 0 fully saturated rings. The van der Waals surface area contributed by atoms with Crippen LogP contribution < -0.4 is 5.32 Å². The largest absolute Gasteiger partial charge is 0.356 e. The summed E-state index contributed by atoms with van der Waals surface area (Å²) in [6.07, 6.45) is 5.55. The summed E-state index contributed by atoms with van der Waals surface area (Å²) in [6.45, 7) is 25.2. The quantitative estimate of drug-likeness (QED) is 0.169. The van der Waals surface area contributed by atoms with E-state index in [-0.39, 0.29) is 10.8 Å². The highest BCUT2D eigenvalue weighted by Gasteiger charge is 2.41. The molecule has 0 saturated heterocycles. The molecular formula is C42H45N. The normalized spacial score (nSPS) is 14.7. The monoisotopic (exact) mass is 563 g/mol. The molecule has 43 heavy (non-hydrogen) atoms. The molecule has 5 aromatic rings. The zero-order chi connectivity index (χ0) is 31.1. The zero-order valence-corrected chi connectivity index (χ0v) is 27.2. The number of fused-ring (bicyclic) bond motifs is 9. The van der Waals surface area contributed by atoms with Crippen molar-refractivity contribution in [3.05, 3.63) is 138 Å². The van der Waals surface area contributed by atoms with Crippen LogP contribution in [-0.2, 0) is 10.8 Å². The van der Waals surface area contributed by atoms with Gasteiger partial charge in [-0.15, -0.1) is 0 Å². The fraction of sp³-hybridized carbons (Fsp3) is 0.238. The van der Waals surface area contributed by atoms with Crippen LogP contribution in [0.4, 0.5) is 5.69 Å². The molecule has 218 valence electrons. The Kier molecular flexibility index (Phi) is 7.97. The van der Waals surface area contributed by atoms with Crippen molar-refractivity contribution in [1.29, 1.82) is 0 Å². The van der Waals surface area contributed by atoms with Crippen LogP contribution >= 0.6 is 0 Å². The Labute approximate surface area is 258 Å². The van der Waals surface area contributed by atoms with Gasteiger partial charge in [-0.1, -0.05) is 117 Å². The Morgan fingerprint density at radius 1 is 0.581 bits per heavy atom. The van der Waals surface area contributed by atoms with E-state index < -0.39 is 0 Å². The molecule has 0 bridgehead atoms. The third-order valence-corrected chi connectivity index (χ3v) is 9.14. The lowest BCUT2D eigenvalue weighted by atomic mass is 9.79. The van der Waals surface area contributed by atoms with Gasteiger partial charge in [0.15, 0.2) is 0 Å². The molecule has 0 unspecified atom stereocenters. The van der Waals surface area contributed by atoms with E-state index in [1.165, 1.54) is 66.1 Å². The Morgan fingerprint density at radius 3 is 1.79 bits per heavy atom. The van der Waals surface area contributed by atoms with Crippen LogP contribution in [0.1, 0.15) is 77.6 Å². The third kappa shape index (κ3) is 4.63. The van der Waals surface area contributed by atoms with E-state index >= 15 is 0 Å². The van der Waals surface area contributed by atoms with Crippen molar-refractivity contribution in [2.75, 3.05) is 5.32 Å². The molecule has 0 radical (unpaired) electrons. The Balaban J connectivity index is 0.000000885. The Hall–Kier alpha value is -4.36. The number of nitrogens with one attached hydrogen (secondary N) is 1. The van der Waals surface area contributed by atoms with E-state index in [9.17, 15) is 0 Å². The number of benzene rings is 5. The summed E-state index contributed by atoms with van der Waals surface area (Å²) in [6, 6.07) is 29.9. The summed E-state index contributed by atoms with van der Waals surface area (Å²) in [4.78, 5) is 0. The predicted octanol–water partition coefficient (Wildman–Crippen LogP) is 12.3. The molecule has 5 aromatic carbocycles. The van der Waals surface area contributed by atoms with Crippen molar-refractivity contribution >= 4 is 27.2 Å². The average molecular weight is 564 g/mol. The van der Waals surface area contributed by atoms with E-state index in [4.69, 9.17) is 0 Å².